The molecule has 0 atom stereocenters. The van der Waals surface area contributed by atoms with Crippen LogP contribution in [-0.2, 0) is 19.2 Å². The summed E-state index contributed by atoms with van der Waals surface area (Å²) in [6, 6.07) is -0.295. The van der Waals surface area contributed by atoms with Gasteiger partial charge in [0, 0.05) is 25.7 Å². The number of hydrogen-bond acceptors (Lipinski definition) is 4. The Morgan fingerprint density at radius 1 is 1.19 bits per heavy atom. The minimum Gasteiger partial charge on any atom is -0.480 e. The highest BCUT2D eigenvalue weighted by atomic mass is 16.4. The second-order valence-electron chi connectivity index (χ2n) is 5.12. The largest absolute Gasteiger partial charge is 0.480 e. The zero-order valence-electron chi connectivity index (χ0n) is 12.5. The van der Waals surface area contributed by atoms with Crippen LogP contribution in [0.1, 0.15) is 20.8 Å². The second-order valence-corrected chi connectivity index (χ2v) is 5.12. The average Bonchev–Trinajstić information content (AvgIpc) is 2.41. The van der Waals surface area contributed by atoms with Gasteiger partial charge in [0.1, 0.15) is 13.1 Å². The Kier molecular flexibility index (Phi) is 5.69. The summed E-state index contributed by atoms with van der Waals surface area (Å²) in [4.78, 5) is 50.3. The van der Waals surface area contributed by atoms with Gasteiger partial charge in [0.2, 0.25) is 5.91 Å². The Hall–Kier alpha value is -2.12. The highest BCUT2D eigenvalue weighted by molar-refractivity contribution is 6.35. The van der Waals surface area contributed by atoms with Crippen molar-refractivity contribution < 1.29 is 24.3 Å². The van der Waals surface area contributed by atoms with Gasteiger partial charge < -0.3 is 19.8 Å². The van der Waals surface area contributed by atoms with Crippen molar-refractivity contribution in [1.29, 1.82) is 0 Å². The van der Waals surface area contributed by atoms with Gasteiger partial charge in [-0.3, -0.25) is 19.2 Å². The minimum absolute atomic E-state index is 0.270. The zero-order chi connectivity index (χ0) is 16.2. The van der Waals surface area contributed by atoms with Crippen molar-refractivity contribution in [1.82, 2.24) is 14.7 Å². The molecule has 0 aromatic heterocycles. The molecule has 3 amide bonds. The van der Waals surface area contributed by atoms with E-state index in [-0.39, 0.29) is 19.1 Å². The molecular formula is C13H21N3O5. The highest BCUT2D eigenvalue weighted by Crippen LogP contribution is 2.07. The van der Waals surface area contributed by atoms with E-state index in [1.807, 2.05) is 0 Å². The Balaban J connectivity index is 2.71. The van der Waals surface area contributed by atoms with Crippen LogP contribution in [0.15, 0.2) is 0 Å². The number of piperazine rings is 1. The maximum Gasteiger partial charge on any atom is 0.323 e. The molecule has 1 N–H and O–H groups in total. The second kappa shape index (κ2) is 7.05. The van der Waals surface area contributed by atoms with E-state index in [4.69, 9.17) is 5.11 Å². The average molecular weight is 299 g/mol. The number of hydrogen-bond donors (Lipinski definition) is 1. The number of aliphatic carboxylic acids is 1. The zero-order valence-corrected chi connectivity index (χ0v) is 12.5. The lowest BCUT2D eigenvalue weighted by atomic mass is 10.2. The van der Waals surface area contributed by atoms with E-state index in [1.165, 1.54) is 14.7 Å². The van der Waals surface area contributed by atoms with Crippen LogP contribution >= 0.6 is 0 Å². The number of carbonyl (C=O) groups excluding carboxylic acids is 3. The maximum absolute atomic E-state index is 12.1. The van der Waals surface area contributed by atoms with Gasteiger partial charge in [-0.05, 0) is 20.8 Å². The topological polar surface area (TPSA) is 98.2 Å². The Labute approximate surface area is 123 Å². The first-order valence-electron chi connectivity index (χ1n) is 6.87. The molecule has 1 aliphatic rings. The van der Waals surface area contributed by atoms with Crippen molar-refractivity contribution in [3.63, 3.8) is 0 Å². The van der Waals surface area contributed by atoms with Crippen molar-refractivity contribution in [2.75, 3.05) is 32.7 Å². The monoisotopic (exact) mass is 299 g/mol. The van der Waals surface area contributed by atoms with Gasteiger partial charge in [-0.1, -0.05) is 0 Å². The van der Waals surface area contributed by atoms with Gasteiger partial charge in [-0.15, -0.1) is 0 Å². The fourth-order valence-corrected chi connectivity index (χ4v) is 2.13. The van der Waals surface area contributed by atoms with Crippen molar-refractivity contribution in [3.05, 3.63) is 0 Å². The molecule has 0 unspecified atom stereocenters. The summed E-state index contributed by atoms with van der Waals surface area (Å²) in [7, 11) is 0. The number of carboxylic acids is 1. The molecular weight excluding hydrogens is 278 g/mol. The first-order valence-corrected chi connectivity index (χ1v) is 6.87. The Bertz CT molecular complexity index is 449. The summed E-state index contributed by atoms with van der Waals surface area (Å²) in [6.45, 7) is 5.59. The molecule has 8 heteroatoms. The molecule has 21 heavy (non-hydrogen) atoms. The molecule has 8 nitrogen and oxygen atoms in total. The molecule has 1 saturated heterocycles. The van der Waals surface area contributed by atoms with Crippen LogP contribution < -0.4 is 0 Å². The van der Waals surface area contributed by atoms with E-state index in [2.05, 4.69) is 0 Å². The summed E-state index contributed by atoms with van der Waals surface area (Å²) < 4.78 is 0. The Morgan fingerprint density at radius 2 is 1.71 bits per heavy atom. The number of likely N-dealkylation sites (N-methyl/N-ethyl adjacent to an activating group) is 1. The van der Waals surface area contributed by atoms with Crippen LogP contribution in [-0.4, -0.2) is 82.3 Å². The standard InChI is InChI=1S/C13H21N3O5/c1-4-14-5-6-15(13(21)12(14)20)7-10(17)16(9(2)3)8-11(18)19/h9H,4-8H2,1-3H3,(H,18,19). The van der Waals surface area contributed by atoms with Crippen molar-refractivity contribution in [2.45, 2.75) is 26.8 Å². The van der Waals surface area contributed by atoms with Gasteiger partial charge in [0.25, 0.3) is 0 Å². The smallest absolute Gasteiger partial charge is 0.323 e. The van der Waals surface area contributed by atoms with Gasteiger partial charge in [-0.2, -0.15) is 0 Å². The van der Waals surface area contributed by atoms with Gasteiger partial charge in [-0.25, -0.2) is 0 Å². The number of carbonyl (C=O) groups is 4. The van der Waals surface area contributed by atoms with E-state index in [9.17, 15) is 19.2 Å². The van der Waals surface area contributed by atoms with Gasteiger partial charge in [0.05, 0.1) is 0 Å². The molecule has 0 aliphatic carbocycles. The normalized spacial score (nSPS) is 15.6. The summed E-state index contributed by atoms with van der Waals surface area (Å²) in [5.41, 5.74) is 0. The van der Waals surface area contributed by atoms with Crippen LogP contribution in [0.4, 0.5) is 0 Å². The van der Waals surface area contributed by atoms with Crippen LogP contribution in [0.25, 0.3) is 0 Å². The first-order chi connectivity index (χ1) is 9.77. The highest BCUT2D eigenvalue weighted by Gasteiger charge is 2.33. The first kappa shape index (κ1) is 16.9. The van der Waals surface area contributed by atoms with Crippen molar-refractivity contribution in [3.8, 4) is 0 Å². The molecule has 118 valence electrons. The fourth-order valence-electron chi connectivity index (χ4n) is 2.13. The van der Waals surface area contributed by atoms with E-state index in [0.717, 1.165) is 0 Å². The number of rotatable bonds is 6. The number of nitrogens with zero attached hydrogens (tertiary/aromatic N) is 3. The lowest BCUT2D eigenvalue weighted by Crippen LogP contribution is -2.57. The van der Waals surface area contributed by atoms with E-state index in [1.54, 1.807) is 20.8 Å². The lowest BCUT2D eigenvalue weighted by molar-refractivity contribution is -0.158. The SMILES string of the molecule is CCN1CCN(CC(=O)N(CC(=O)O)C(C)C)C(=O)C1=O. The third kappa shape index (κ3) is 4.17. The molecule has 0 radical (unpaired) electrons. The molecule has 0 bridgehead atoms. The summed E-state index contributed by atoms with van der Waals surface area (Å²) in [5.74, 6) is -2.92. The number of amides is 3. The number of carboxylic acid groups (broad SMARTS) is 1. The molecule has 0 spiro atoms. The summed E-state index contributed by atoms with van der Waals surface area (Å²) in [5, 5.41) is 8.81. The van der Waals surface area contributed by atoms with Crippen molar-refractivity contribution >= 4 is 23.7 Å². The van der Waals surface area contributed by atoms with E-state index >= 15 is 0 Å². The molecule has 0 aromatic carbocycles. The Morgan fingerprint density at radius 3 is 2.19 bits per heavy atom. The summed E-state index contributed by atoms with van der Waals surface area (Å²) in [6.07, 6.45) is 0. The molecule has 1 aliphatic heterocycles. The minimum atomic E-state index is -1.12. The van der Waals surface area contributed by atoms with E-state index < -0.39 is 30.2 Å². The fraction of sp³-hybridized carbons (Fsp3) is 0.692. The van der Waals surface area contributed by atoms with Crippen LogP contribution in [0, 0.1) is 0 Å². The van der Waals surface area contributed by atoms with Gasteiger partial charge >= 0.3 is 17.8 Å². The van der Waals surface area contributed by atoms with Crippen molar-refractivity contribution in [2.24, 2.45) is 0 Å². The molecule has 1 heterocycles. The molecule has 1 rings (SSSR count). The van der Waals surface area contributed by atoms with Crippen LogP contribution in [0.5, 0.6) is 0 Å². The summed E-state index contributed by atoms with van der Waals surface area (Å²) >= 11 is 0. The molecule has 1 fully saturated rings. The lowest BCUT2D eigenvalue weighted by Gasteiger charge is -2.34. The third-order valence-electron chi connectivity index (χ3n) is 3.35. The predicted molar refractivity (Wildman–Crippen MR) is 73.3 cm³/mol. The molecule has 0 saturated carbocycles. The van der Waals surface area contributed by atoms with Crippen LogP contribution in [0.2, 0.25) is 0 Å². The third-order valence-corrected chi connectivity index (χ3v) is 3.35. The predicted octanol–water partition coefficient (Wildman–Crippen LogP) is -1.00. The molecule has 0 aromatic rings. The van der Waals surface area contributed by atoms with Gasteiger partial charge in [0.15, 0.2) is 0 Å². The van der Waals surface area contributed by atoms with Crippen LogP contribution in [0.3, 0.4) is 0 Å². The quantitative estimate of drug-likeness (QED) is 0.634. The maximum atomic E-state index is 12.1. The van der Waals surface area contributed by atoms with E-state index in [0.29, 0.717) is 13.1 Å².